The van der Waals surface area contributed by atoms with E-state index < -0.39 is 6.10 Å². The summed E-state index contributed by atoms with van der Waals surface area (Å²) in [4.78, 5) is 19.7. The van der Waals surface area contributed by atoms with Gasteiger partial charge in [0.2, 0.25) is 0 Å². The number of piperidine rings is 1. The van der Waals surface area contributed by atoms with Crippen molar-refractivity contribution >= 4 is 27.5 Å². The summed E-state index contributed by atoms with van der Waals surface area (Å²) in [6.45, 7) is 9.93. The molecular weight excluding hydrogens is 392 g/mol. The van der Waals surface area contributed by atoms with Crippen molar-refractivity contribution in [2.45, 2.75) is 58.0 Å². The van der Waals surface area contributed by atoms with Crippen LogP contribution in [-0.2, 0) is 10.2 Å². The lowest BCUT2D eigenvalue weighted by molar-refractivity contribution is -0.139. The van der Waals surface area contributed by atoms with Crippen molar-refractivity contribution in [1.82, 2.24) is 9.88 Å². The maximum absolute atomic E-state index is 12.9. The molecule has 30 heavy (non-hydrogen) atoms. The highest BCUT2D eigenvalue weighted by atomic mass is 32.1. The third-order valence-electron chi connectivity index (χ3n) is 5.85. The first-order valence-corrected chi connectivity index (χ1v) is 11.5. The first-order valence-electron chi connectivity index (χ1n) is 10.7. The summed E-state index contributed by atoms with van der Waals surface area (Å²) in [7, 11) is 0. The molecule has 0 N–H and O–H groups in total. The number of hydrogen-bond donors (Lipinski definition) is 0. The number of likely N-dealkylation sites (tertiary alicyclic amines) is 1. The Labute approximate surface area is 182 Å². The Hall–Kier alpha value is -2.40. The molecule has 4 rings (SSSR count). The molecule has 1 amide bonds. The molecule has 0 radical (unpaired) electrons. The number of carbonyl (C=O) groups excluding carboxylic acids is 1. The molecule has 4 nitrogen and oxygen atoms in total. The molecule has 158 valence electrons. The van der Waals surface area contributed by atoms with Crippen LogP contribution in [0, 0.1) is 0 Å². The van der Waals surface area contributed by atoms with Crippen LogP contribution in [0.15, 0.2) is 48.5 Å². The first-order chi connectivity index (χ1) is 14.3. The van der Waals surface area contributed by atoms with Gasteiger partial charge in [-0.05, 0) is 55.0 Å². The Morgan fingerprint density at radius 1 is 1.10 bits per heavy atom. The number of thiazole rings is 1. The van der Waals surface area contributed by atoms with Crippen LogP contribution in [0.1, 0.15) is 57.0 Å². The molecule has 1 saturated heterocycles. The number of benzene rings is 2. The molecule has 2 heterocycles. The zero-order valence-corrected chi connectivity index (χ0v) is 19.0. The minimum absolute atomic E-state index is 0.0673. The molecule has 3 aromatic rings. The average molecular weight is 423 g/mol. The number of hydrogen-bond acceptors (Lipinski definition) is 4. The Balaban J connectivity index is 1.33. The summed E-state index contributed by atoms with van der Waals surface area (Å²) in [6.07, 6.45) is 1.43. The van der Waals surface area contributed by atoms with Gasteiger partial charge in [-0.2, -0.15) is 0 Å². The van der Waals surface area contributed by atoms with Gasteiger partial charge in [0.25, 0.3) is 5.91 Å². The van der Waals surface area contributed by atoms with E-state index in [2.05, 4.69) is 51.1 Å². The van der Waals surface area contributed by atoms with Gasteiger partial charge in [-0.25, -0.2) is 4.98 Å². The lowest BCUT2D eigenvalue weighted by Crippen LogP contribution is -2.44. The maximum Gasteiger partial charge on any atom is 0.263 e. The molecule has 2 aromatic carbocycles. The van der Waals surface area contributed by atoms with Crippen molar-refractivity contribution in [3.05, 3.63) is 59.1 Å². The highest BCUT2D eigenvalue weighted by Gasteiger charge is 2.29. The Morgan fingerprint density at radius 2 is 1.77 bits per heavy atom. The normalized spacial score (nSPS) is 16.6. The Bertz CT molecular complexity index is 979. The largest absolute Gasteiger partial charge is 0.481 e. The van der Waals surface area contributed by atoms with Crippen LogP contribution >= 0.6 is 11.3 Å². The van der Waals surface area contributed by atoms with E-state index in [-0.39, 0.29) is 11.3 Å². The second-order valence-electron chi connectivity index (χ2n) is 9.15. The standard InChI is InChI=1S/C25H30N2O2S/c1-17(29-20-11-9-19(10-12-20)25(2,3)4)24(28)27-15-13-18(14-16-27)23-26-21-7-5-6-8-22(21)30-23/h5-12,17-18H,13-16H2,1-4H3. The number of fused-ring (bicyclic) bond motifs is 1. The van der Waals surface area contributed by atoms with E-state index in [9.17, 15) is 4.79 Å². The van der Waals surface area contributed by atoms with Gasteiger partial charge in [-0.15, -0.1) is 11.3 Å². The second-order valence-corrected chi connectivity index (χ2v) is 10.2. The van der Waals surface area contributed by atoms with Crippen molar-refractivity contribution < 1.29 is 9.53 Å². The molecule has 0 spiro atoms. The molecule has 1 aromatic heterocycles. The van der Waals surface area contributed by atoms with Crippen LogP contribution in [0.2, 0.25) is 0 Å². The number of amides is 1. The van der Waals surface area contributed by atoms with E-state index in [1.807, 2.05) is 30.0 Å². The number of ether oxygens (including phenoxy) is 1. The summed E-state index contributed by atoms with van der Waals surface area (Å²) in [5, 5.41) is 1.20. The van der Waals surface area contributed by atoms with Gasteiger partial charge in [0.05, 0.1) is 15.2 Å². The summed E-state index contributed by atoms with van der Waals surface area (Å²) < 4.78 is 7.19. The predicted octanol–water partition coefficient (Wildman–Crippen LogP) is 5.77. The minimum Gasteiger partial charge on any atom is -0.481 e. The topological polar surface area (TPSA) is 42.4 Å². The van der Waals surface area contributed by atoms with E-state index >= 15 is 0 Å². The maximum atomic E-state index is 12.9. The summed E-state index contributed by atoms with van der Waals surface area (Å²) in [5.74, 6) is 1.25. The van der Waals surface area contributed by atoms with Crippen LogP contribution in [0.5, 0.6) is 5.75 Å². The zero-order valence-electron chi connectivity index (χ0n) is 18.2. The third kappa shape index (κ3) is 4.51. The minimum atomic E-state index is -0.482. The quantitative estimate of drug-likeness (QED) is 0.536. The average Bonchev–Trinajstić information content (AvgIpc) is 3.17. The van der Waals surface area contributed by atoms with Gasteiger partial charge < -0.3 is 9.64 Å². The molecular formula is C25H30N2O2S. The Kier molecular flexibility index (Phi) is 5.83. The van der Waals surface area contributed by atoms with Crippen LogP contribution in [0.25, 0.3) is 10.2 Å². The van der Waals surface area contributed by atoms with Gasteiger partial charge in [0.15, 0.2) is 6.10 Å². The van der Waals surface area contributed by atoms with Gasteiger partial charge in [0, 0.05) is 19.0 Å². The van der Waals surface area contributed by atoms with Gasteiger partial charge in [-0.1, -0.05) is 45.0 Å². The van der Waals surface area contributed by atoms with Gasteiger partial charge in [0.1, 0.15) is 5.75 Å². The fourth-order valence-corrected chi connectivity index (χ4v) is 5.09. The lowest BCUT2D eigenvalue weighted by Gasteiger charge is -2.32. The van der Waals surface area contributed by atoms with Gasteiger partial charge >= 0.3 is 0 Å². The number of para-hydroxylation sites is 1. The van der Waals surface area contributed by atoms with Crippen LogP contribution in [0.3, 0.4) is 0 Å². The molecule has 0 saturated carbocycles. The fraction of sp³-hybridized carbons (Fsp3) is 0.440. The van der Waals surface area contributed by atoms with Crippen LogP contribution in [0.4, 0.5) is 0 Å². The van der Waals surface area contributed by atoms with E-state index in [1.165, 1.54) is 15.3 Å². The molecule has 1 unspecified atom stereocenters. The molecule has 1 aliphatic heterocycles. The van der Waals surface area contributed by atoms with E-state index in [0.717, 1.165) is 37.2 Å². The molecule has 1 aliphatic rings. The number of rotatable bonds is 4. The highest BCUT2D eigenvalue weighted by molar-refractivity contribution is 7.18. The molecule has 0 aliphatic carbocycles. The monoisotopic (exact) mass is 422 g/mol. The van der Waals surface area contributed by atoms with Crippen molar-refractivity contribution in [3.63, 3.8) is 0 Å². The summed E-state index contributed by atoms with van der Waals surface area (Å²) >= 11 is 1.78. The Morgan fingerprint density at radius 3 is 2.40 bits per heavy atom. The van der Waals surface area contributed by atoms with Crippen LogP contribution < -0.4 is 4.74 Å². The highest BCUT2D eigenvalue weighted by Crippen LogP contribution is 2.34. The number of aromatic nitrogens is 1. The third-order valence-corrected chi connectivity index (χ3v) is 7.05. The molecule has 1 atom stereocenters. The zero-order chi connectivity index (χ0) is 21.3. The van der Waals surface area contributed by atoms with Crippen LogP contribution in [-0.4, -0.2) is 35.0 Å². The van der Waals surface area contributed by atoms with Crippen molar-refractivity contribution in [2.75, 3.05) is 13.1 Å². The molecule has 5 heteroatoms. The molecule has 0 bridgehead atoms. The SMILES string of the molecule is CC(Oc1ccc(C(C)(C)C)cc1)C(=O)N1CCC(c2nc3ccccc3s2)CC1. The van der Waals surface area contributed by atoms with Gasteiger partial charge in [-0.3, -0.25) is 4.79 Å². The van der Waals surface area contributed by atoms with Crippen molar-refractivity contribution in [1.29, 1.82) is 0 Å². The van der Waals surface area contributed by atoms with Crippen molar-refractivity contribution in [3.8, 4) is 5.75 Å². The smallest absolute Gasteiger partial charge is 0.263 e. The van der Waals surface area contributed by atoms with Crippen molar-refractivity contribution in [2.24, 2.45) is 0 Å². The fourth-order valence-electron chi connectivity index (χ4n) is 3.96. The number of carbonyl (C=O) groups is 1. The van der Waals surface area contributed by atoms with E-state index in [4.69, 9.17) is 9.72 Å². The molecule has 1 fully saturated rings. The first kappa shape index (κ1) is 20.9. The number of nitrogens with zero attached hydrogens (tertiary/aromatic N) is 2. The summed E-state index contributed by atoms with van der Waals surface area (Å²) in [5.41, 5.74) is 2.44. The van der Waals surface area contributed by atoms with E-state index in [1.54, 1.807) is 11.3 Å². The predicted molar refractivity (Wildman–Crippen MR) is 123 cm³/mol. The van der Waals surface area contributed by atoms with E-state index in [0.29, 0.717) is 5.92 Å². The lowest BCUT2D eigenvalue weighted by atomic mass is 9.87. The second kappa shape index (κ2) is 8.38. The summed E-state index contributed by atoms with van der Waals surface area (Å²) in [6, 6.07) is 16.4.